The minimum atomic E-state index is 0.377. The second kappa shape index (κ2) is 8.37. The first-order chi connectivity index (χ1) is 10.2. The molecule has 1 aliphatic heterocycles. The molecule has 0 spiro atoms. The van der Waals surface area contributed by atoms with Crippen LogP contribution in [0.4, 0.5) is 0 Å². The molecule has 0 radical (unpaired) electrons. The molecule has 1 aromatic rings. The normalized spacial score (nSPS) is 17.9. The van der Waals surface area contributed by atoms with Gasteiger partial charge in [-0.1, -0.05) is 12.1 Å². The highest BCUT2D eigenvalue weighted by Crippen LogP contribution is 2.22. The highest BCUT2D eigenvalue weighted by molar-refractivity contribution is 5.30. The predicted octanol–water partition coefficient (Wildman–Crippen LogP) is 1.89. The van der Waals surface area contributed by atoms with Crippen LogP contribution < -0.4 is 15.4 Å². The van der Waals surface area contributed by atoms with Crippen molar-refractivity contribution in [1.29, 1.82) is 0 Å². The molecule has 21 heavy (non-hydrogen) atoms. The van der Waals surface area contributed by atoms with Crippen molar-refractivity contribution < 1.29 is 4.74 Å². The van der Waals surface area contributed by atoms with E-state index in [-0.39, 0.29) is 0 Å². The van der Waals surface area contributed by atoms with Crippen LogP contribution in [0.15, 0.2) is 24.3 Å². The van der Waals surface area contributed by atoms with E-state index in [1.54, 1.807) is 7.11 Å². The Bertz CT molecular complexity index is 416. The third-order valence-electron chi connectivity index (χ3n) is 4.33. The number of hydrogen-bond donors (Lipinski definition) is 2. The summed E-state index contributed by atoms with van der Waals surface area (Å²) >= 11 is 0. The second-order valence-corrected chi connectivity index (χ2v) is 6.11. The number of nitrogens with one attached hydrogen (secondary N) is 2. The van der Waals surface area contributed by atoms with E-state index in [1.807, 2.05) is 6.07 Å². The molecule has 1 atom stereocenters. The molecule has 0 aliphatic carbocycles. The number of methoxy groups -OCH3 is 1. The lowest BCUT2D eigenvalue weighted by molar-refractivity contribution is 0.274. The number of benzene rings is 1. The fourth-order valence-electron chi connectivity index (χ4n) is 2.96. The van der Waals surface area contributed by atoms with E-state index in [4.69, 9.17) is 4.74 Å². The fraction of sp³-hybridized carbons (Fsp3) is 0.647. The average molecular weight is 291 g/mol. The lowest BCUT2D eigenvalue weighted by Crippen LogP contribution is -2.37. The van der Waals surface area contributed by atoms with Crippen LogP contribution in [-0.4, -0.2) is 52.3 Å². The number of nitrogens with zero attached hydrogens (tertiary/aromatic N) is 1. The van der Waals surface area contributed by atoms with Crippen molar-refractivity contribution in [3.05, 3.63) is 29.8 Å². The zero-order chi connectivity index (χ0) is 15.1. The summed E-state index contributed by atoms with van der Waals surface area (Å²) in [6.07, 6.45) is 2.58. The molecule has 0 amide bonds. The Morgan fingerprint density at radius 3 is 2.76 bits per heavy atom. The lowest BCUT2D eigenvalue weighted by Gasteiger charge is -2.28. The molecule has 118 valence electrons. The maximum absolute atomic E-state index is 5.34. The summed E-state index contributed by atoms with van der Waals surface area (Å²) in [5.74, 6) is 1.75. The number of rotatable bonds is 7. The maximum atomic E-state index is 5.34. The Morgan fingerprint density at radius 2 is 2.10 bits per heavy atom. The first-order valence-electron chi connectivity index (χ1n) is 7.92. The van der Waals surface area contributed by atoms with Crippen LogP contribution in [0.5, 0.6) is 5.75 Å². The van der Waals surface area contributed by atoms with E-state index in [0.29, 0.717) is 6.04 Å². The van der Waals surface area contributed by atoms with Crippen LogP contribution in [0.2, 0.25) is 0 Å². The molecule has 1 heterocycles. The summed E-state index contributed by atoms with van der Waals surface area (Å²) in [5.41, 5.74) is 1.30. The maximum Gasteiger partial charge on any atom is 0.119 e. The minimum Gasteiger partial charge on any atom is -0.497 e. The van der Waals surface area contributed by atoms with Gasteiger partial charge in [0.15, 0.2) is 0 Å². The standard InChI is InChI=1S/C17H29N3O/c1-20(2)17(15-5-4-6-16(11-15)21-3)13-19-12-14-7-9-18-10-8-14/h4-6,11,14,17-19H,7-10,12-13H2,1-3H3. The van der Waals surface area contributed by atoms with Crippen LogP contribution in [0.25, 0.3) is 0 Å². The predicted molar refractivity (Wildman–Crippen MR) is 87.9 cm³/mol. The van der Waals surface area contributed by atoms with Gasteiger partial charge in [-0.3, -0.25) is 0 Å². The van der Waals surface area contributed by atoms with Gasteiger partial charge in [-0.15, -0.1) is 0 Å². The Morgan fingerprint density at radius 1 is 1.33 bits per heavy atom. The molecule has 2 rings (SSSR count). The van der Waals surface area contributed by atoms with Crippen LogP contribution in [0.3, 0.4) is 0 Å². The van der Waals surface area contributed by atoms with Gasteiger partial charge in [0.05, 0.1) is 7.11 Å². The summed E-state index contributed by atoms with van der Waals surface area (Å²) in [6.45, 7) is 4.43. The van der Waals surface area contributed by atoms with E-state index >= 15 is 0 Å². The Balaban J connectivity index is 1.89. The van der Waals surface area contributed by atoms with E-state index in [2.05, 4.69) is 47.8 Å². The number of ether oxygens (including phenoxy) is 1. The molecule has 1 fully saturated rings. The van der Waals surface area contributed by atoms with Gasteiger partial charge in [0.2, 0.25) is 0 Å². The van der Waals surface area contributed by atoms with Gasteiger partial charge in [-0.05, 0) is 70.2 Å². The van der Waals surface area contributed by atoms with E-state index in [9.17, 15) is 0 Å². The van der Waals surface area contributed by atoms with Crippen molar-refractivity contribution in [3.63, 3.8) is 0 Å². The van der Waals surface area contributed by atoms with Crippen molar-refractivity contribution in [2.45, 2.75) is 18.9 Å². The first-order valence-corrected chi connectivity index (χ1v) is 7.92. The molecule has 1 saturated heterocycles. The second-order valence-electron chi connectivity index (χ2n) is 6.11. The van der Waals surface area contributed by atoms with Crippen molar-refractivity contribution >= 4 is 0 Å². The summed E-state index contributed by atoms with van der Waals surface area (Å²) in [7, 11) is 5.99. The van der Waals surface area contributed by atoms with Gasteiger partial charge in [0.1, 0.15) is 5.75 Å². The van der Waals surface area contributed by atoms with Gasteiger partial charge in [0.25, 0.3) is 0 Å². The van der Waals surface area contributed by atoms with Crippen LogP contribution in [0.1, 0.15) is 24.4 Å². The molecule has 2 N–H and O–H groups in total. The average Bonchev–Trinajstić information content (AvgIpc) is 2.52. The van der Waals surface area contributed by atoms with Gasteiger partial charge in [-0.2, -0.15) is 0 Å². The highest BCUT2D eigenvalue weighted by atomic mass is 16.5. The van der Waals surface area contributed by atoms with Crippen molar-refractivity contribution in [1.82, 2.24) is 15.5 Å². The fourth-order valence-corrected chi connectivity index (χ4v) is 2.96. The van der Waals surface area contributed by atoms with Crippen LogP contribution >= 0.6 is 0 Å². The topological polar surface area (TPSA) is 36.5 Å². The molecule has 1 unspecified atom stereocenters. The first kappa shape index (κ1) is 16.3. The van der Waals surface area contributed by atoms with E-state index in [1.165, 1.54) is 31.5 Å². The quantitative estimate of drug-likeness (QED) is 0.804. The third-order valence-corrected chi connectivity index (χ3v) is 4.33. The number of piperidine rings is 1. The largest absolute Gasteiger partial charge is 0.497 e. The van der Waals surface area contributed by atoms with Gasteiger partial charge in [-0.25, -0.2) is 0 Å². The molecule has 4 nitrogen and oxygen atoms in total. The molecule has 1 aliphatic rings. The van der Waals surface area contributed by atoms with Crippen LogP contribution in [0, 0.1) is 5.92 Å². The zero-order valence-corrected chi connectivity index (χ0v) is 13.6. The van der Waals surface area contributed by atoms with Gasteiger partial charge in [0, 0.05) is 12.6 Å². The van der Waals surface area contributed by atoms with Gasteiger partial charge >= 0.3 is 0 Å². The molecule has 4 heteroatoms. The third kappa shape index (κ3) is 4.99. The van der Waals surface area contributed by atoms with Crippen molar-refractivity contribution in [2.75, 3.05) is 47.4 Å². The zero-order valence-electron chi connectivity index (χ0n) is 13.6. The Hall–Kier alpha value is -1.10. The van der Waals surface area contributed by atoms with Gasteiger partial charge < -0.3 is 20.3 Å². The highest BCUT2D eigenvalue weighted by Gasteiger charge is 2.17. The molecular formula is C17H29N3O. The monoisotopic (exact) mass is 291 g/mol. The van der Waals surface area contributed by atoms with Crippen LogP contribution in [-0.2, 0) is 0 Å². The SMILES string of the molecule is COc1cccc(C(CNCC2CCNCC2)N(C)C)c1. The molecule has 0 saturated carbocycles. The summed E-state index contributed by atoms with van der Waals surface area (Å²) in [5, 5.41) is 7.08. The summed E-state index contributed by atoms with van der Waals surface area (Å²) < 4.78 is 5.34. The summed E-state index contributed by atoms with van der Waals surface area (Å²) in [4.78, 5) is 2.27. The Kier molecular flexibility index (Phi) is 6.49. The molecule has 1 aromatic carbocycles. The van der Waals surface area contributed by atoms with E-state index < -0.39 is 0 Å². The lowest BCUT2D eigenvalue weighted by atomic mass is 9.98. The molecular weight excluding hydrogens is 262 g/mol. The molecule has 0 bridgehead atoms. The van der Waals surface area contributed by atoms with Crippen molar-refractivity contribution in [2.24, 2.45) is 5.92 Å². The molecule has 0 aromatic heterocycles. The van der Waals surface area contributed by atoms with Crippen molar-refractivity contribution in [3.8, 4) is 5.75 Å². The summed E-state index contributed by atoms with van der Waals surface area (Å²) in [6, 6.07) is 8.76. The smallest absolute Gasteiger partial charge is 0.119 e. The van der Waals surface area contributed by atoms with E-state index in [0.717, 1.165) is 24.8 Å². The number of hydrogen-bond acceptors (Lipinski definition) is 4. The minimum absolute atomic E-state index is 0.377. The number of likely N-dealkylation sites (N-methyl/N-ethyl adjacent to an activating group) is 1. The Labute approximate surface area is 128 Å².